The van der Waals surface area contributed by atoms with E-state index in [2.05, 4.69) is 10.5 Å². The Morgan fingerprint density at radius 3 is 3.15 bits per heavy atom. The number of hydroxylamine groups is 1. The monoisotopic (exact) mass is 194 g/mol. The Kier molecular flexibility index (Phi) is 2.26. The van der Waals surface area contributed by atoms with E-state index in [1.807, 2.05) is 25.1 Å². The number of hydrogen-bond acceptors (Lipinski definition) is 4. The molecule has 68 valence electrons. The average Bonchev–Trinajstić information content (AvgIpc) is 2.59. The molecule has 4 heteroatoms. The molecular formula is C9H10N2OS. The first-order valence-electron chi connectivity index (χ1n) is 4.05. The Bertz CT molecular complexity index is 380. The van der Waals surface area contributed by atoms with E-state index in [-0.39, 0.29) is 6.04 Å². The van der Waals surface area contributed by atoms with Crippen LogP contribution >= 0.6 is 11.3 Å². The number of pyridine rings is 1. The lowest BCUT2D eigenvalue weighted by atomic mass is 10.2. The van der Waals surface area contributed by atoms with Crippen LogP contribution in [0.4, 0.5) is 0 Å². The van der Waals surface area contributed by atoms with Gasteiger partial charge in [-0.25, -0.2) is 4.98 Å². The first-order chi connectivity index (χ1) is 6.31. The van der Waals surface area contributed by atoms with Gasteiger partial charge >= 0.3 is 0 Å². The van der Waals surface area contributed by atoms with Crippen molar-refractivity contribution in [3.63, 3.8) is 0 Å². The largest absolute Gasteiger partial charge is 0.316 e. The lowest BCUT2D eigenvalue weighted by Gasteiger charge is -2.03. The Morgan fingerprint density at radius 2 is 2.46 bits per heavy atom. The summed E-state index contributed by atoms with van der Waals surface area (Å²) in [5.74, 6) is 0. The summed E-state index contributed by atoms with van der Waals surface area (Å²) >= 11 is 1.60. The fourth-order valence-corrected chi connectivity index (χ4v) is 2.17. The zero-order chi connectivity index (χ0) is 9.26. The van der Waals surface area contributed by atoms with Crippen LogP contribution in [0.25, 0.3) is 10.2 Å². The lowest BCUT2D eigenvalue weighted by molar-refractivity contribution is 0.135. The molecule has 0 saturated carbocycles. The van der Waals surface area contributed by atoms with Gasteiger partial charge in [-0.05, 0) is 19.1 Å². The number of rotatable bonds is 2. The van der Waals surface area contributed by atoms with Gasteiger partial charge in [-0.1, -0.05) is 6.07 Å². The molecule has 0 fully saturated rings. The predicted molar refractivity (Wildman–Crippen MR) is 53.0 cm³/mol. The van der Waals surface area contributed by atoms with Gasteiger partial charge in [0.2, 0.25) is 0 Å². The van der Waals surface area contributed by atoms with Gasteiger partial charge in [-0.15, -0.1) is 11.3 Å². The summed E-state index contributed by atoms with van der Waals surface area (Å²) in [7, 11) is 0. The van der Waals surface area contributed by atoms with Gasteiger partial charge < -0.3 is 5.21 Å². The quantitative estimate of drug-likeness (QED) is 0.721. The van der Waals surface area contributed by atoms with E-state index in [0.29, 0.717) is 0 Å². The van der Waals surface area contributed by atoms with Crippen molar-refractivity contribution in [3.8, 4) is 0 Å². The van der Waals surface area contributed by atoms with Crippen LogP contribution in [0, 0.1) is 0 Å². The maximum Gasteiger partial charge on any atom is 0.123 e. The summed E-state index contributed by atoms with van der Waals surface area (Å²) in [6.07, 6.45) is 1.78. The van der Waals surface area contributed by atoms with Crippen molar-refractivity contribution in [2.24, 2.45) is 0 Å². The molecular weight excluding hydrogens is 184 g/mol. The zero-order valence-corrected chi connectivity index (χ0v) is 8.01. The van der Waals surface area contributed by atoms with Crippen molar-refractivity contribution in [1.29, 1.82) is 0 Å². The highest BCUT2D eigenvalue weighted by atomic mass is 32.1. The van der Waals surface area contributed by atoms with Crippen LogP contribution in [0.3, 0.4) is 0 Å². The molecule has 1 atom stereocenters. The van der Waals surface area contributed by atoms with E-state index in [0.717, 1.165) is 15.1 Å². The van der Waals surface area contributed by atoms with Gasteiger partial charge in [0.25, 0.3) is 0 Å². The van der Waals surface area contributed by atoms with Crippen LogP contribution in [0.2, 0.25) is 0 Å². The third kappa shape index (κ3) is 1.56. The van der Waals surface area contributed by atoms with E-state index >= 15 is 0 Å². The molecule has 0 radical (unpaired) electrons. The van der Waals surface area contributed by atoms with Crippen LogP contribution < -0.4 is 5.48 Å². The Morgan fingerprint density at radius 1 is 1.62 bits per heavy atom. The van der Waals surface area contributed by atoms with Gasteiger partial charge in [0.15, 0.2) is 0 Å². The minimum absolute atomic E-state index is 0.0285. The summed E-state index contributed by atoms with van der Waals surface area (Å²) < 4.78 is 0. The van der Waals surface area contributed by atoms with Crippen LogP contribution in [0.15, 0.2) is 24.4 Å². The summed E-state index contributed by atoms with van der Waals surface area (Å²) in [6.45, 7) is 1.91. The predicted octanol–water partition coefficient (Wildman–Crippen LogP) is 2.34. The number of thiophene rings is 1. The molecule has 0 amide bonds. The molecule has 13 heavy (non-hydrogen) atoms. The molecule has 0 saturated heterocycles. The first kappa shape index (κ1) is 8.62. The van der Waals surface area contributed by atoms with E-state index in [4.69, 9.17) is 5.21 Å². The fraction of sp³-hybridized carbons (Fsp3) is 0.222. The van der Waals surface area contributed by atoms with Crippen molar-refractivity contribution < 1.29 is 5.21 Å². The fourth-order valence-electron chi connectivity index (χ4n) is 1.17. The molecule has 2 aromatic rings. The molecule has 3 nitrogen and oxygen atoms in total. The molecule has 0 aliphatic heterocycles. The minimum atomic E-state index is -0.0285. The molecule has 0 spiro atoms. The van der Waals surface area contributed by atoms with Crippen LogP contribution in [0.5, 0.6) is 0 Å². The third-order valence-electron chi connectivity index (χ3n) is 1.93. The second-order valence-electron chi connectivity index (χ2n) is 2.90. The van der Waals surface area contributed by atoms with Crippen molar-refractivity contribution in [1.82, 2.24) is 10.5 Å². The van der Waals surface area contributed by atoms with Gasteiger partial charge in [0.1, 0.15) is 4.83 Å². The Hall–Kier alpha value is -0.970. The SMILES string of the molecule is CC(NO)c1cc2cccnc2s1. The highest BCUT2D eigenvalue weighted by molar-refractivity contribution is 7.18. The highest BCUT2D eigenvalue weighted by Crippen LogP contribution is 2.27. The lowest BCUT2D eigenvalue weighted by Crippen LogP contribution is -2.11. The molecule has 2 N–H and O–H groups in total. The normalized spacial score (nSPS) is 13.4. The molecule has 0 aliphatic rings. The van der Waals surface area contributed by atoms with E-state index in [9.17, 15) is 0 Å². The molecule has 0 bridgehead atoms. The Balaban J connectivity index is 2.49. The van der Waals surface area contributed by atoms with Gasteiger partial charge in [0.05, 0.1) is 6.04 Å². The van der Waals surface area contributed by atoms with E-state index in [1.165, 1.54) is 0 Å². The second-order valence-corrected chi connectivity index (χ2v) is 3.96. The van der Waals surface area contributed by atoms with Crippen molar-refractivity contribution in [2.75, 3.05) is 0 Å². The number of fused-ring (bicyclic) bond motifs is 1. The summed E-state index contributed by atoms with van der Waals surface area (Å²) in [5, 5.41) is 9.88. The smallest absolute Gasteiger partial charge is 0.123 e. The van der Waals surface area contributed by atoms with Gasteiger partial charge in [-0.2, -0.15) is 5.48 Å². The molecule has 2 aromatic heterocycles. The molecule has 2 heterocycles. The van der Waals surface area contributed by atoms with Crippen molar-refractivity contribution in [3.05, 3.63) is 29.3 Å². The average molecular weight is 194 g/mol. The minimum Gasteiger partial charge on any atom is -0.316 e. The zero-order valence-electron chi connectivity index (χ0n) is 7.19. The maximum atomic E-state index is 8.75. The maximum absolute atomic E-state index is 8.75. The first-order valence-corrected chi connectivity index (χ1v) is 4.87. The van der Waals surface area contributed by atoms with Crippen LogP contribution in [-0.4, -0.2) is 10.2 Å². The van der Waals surface area contributed by atoms with E-state index < -0.39 is 0 Å². The number of aromatic nitrogens is 1. The molecule has 0 aromatic carbocycles. The topological polar surface area (TPSA) is 45.1 Å². The molecule has 2 rings (SSSR count). The Labute approximate surface area is 80.0 Å². The molecule has 0 aliphatic carbocycles. The van der Waals surface area contributed by atoms with E-state index in [1.54, 1.807) is 17.5 Å². The number of hydrogen-bond donors (Lipinski definition) is 2. The van der Waals surface area contributed by atoms with Crippen molar-refractivity contribution >= 4 is 21.6 Å². The van der Waals surface area contributed by atoms with Crippen molar-refractivity contribution in [2.45, 2.75) is 13.0 Å². The molecule has 1 unspecified atom stereocenters. The van der Waals surface area contributed by atoms with Crippen LogP contribution in [-0.2, 0) is 0 Å². The second kappa shape index (κ2) is 3.41. The summed E-state index contributed by atoms with van der Waals surface area (Å²) in [4.78, 5) is 6.33. The summed E-state index contributed by atoms with van der Waals surface area (Å²) in [6, 6.07) is 5.95. The standard InChI is InChI=1S/C9H10N2OS/c1-6(11-12)8-5-7-3-2-4-10-9(7)13-8/h2-6,11-12H,1H3. The number of nitrogens with one attached hydrogen (secondary N) is 1. The number of nitrogens with zero attached hydrogens (tertiary/aromatic N) is 1. The van der Waals surface area contributed by atoms with Gasteiger partial charge in [0, 0.05) is 16.5 Å². The highest BCUT2D eigenvalue weighted by Gasteiger charge is 2.07. The third-order valence-corrected chi connectivity index (χ3v) is 3.17. The van der Waals surface area contributed by atoms with Crippen LogP contribution in [0.1, 0.15) is 17.8 Å². The van der Waals surface area contributed by atoms with Gasteiger partial charge in [-0.3, -0.25) is 0 Å². The summed E-state index contributed by atoms with van der Waals surface area (Å²) in [5.41, 5.74) is 2.22.